The van der Waals surface area contributed by atoms with Crippen molar-refractivity contribution in [2.75, 3.05) is 13.2 Å². The van der Waals surface area contributed by atoms with Crippen LogP contribution in [-0.2, 0) is 4.74 Å². The summed E-state index contributed by atoms with van der Waals surface area (Å²) in [5.74, 6) is 0.705. The van der Waals surface area contributed by atoms with Crippen LogP contribution in [0.4, 0.5) is 0 Å². The number of para-hydroxylation sites is 1. The van der Waals surface area contributed by atoms with Crippen molar-refractivity contribution in [3.8, 4) is 5.75 Å². The van der Waals surface area contributed by atoms with Crippen molar-refractivity contribution in [2.24, 2.45) is 0 Å². The predicted molar refractivity (Wildman–Crippen MR) is 88.9 cm³/mol. The van der Waals surface area contributed by atoms with Gasteiger partial charge in [0.1, 0.15) is 17.0 Å². The molecule has 0 radical (unpaired) electrons. The first-order valence-corrected chi connectivity index (χ1v) is 8.33. The van der Waals surface area contributed by atoms with Gasteiger partial charge < -0.3 is 14.8 Å². The van der Waals surface area contributed by atoms with Crippen LogP contribution in [0.25, 0.3) is 0 Å². The fraction of sp³-hybridized carbons (Fsp3) is 0.368. The molecule has 2 aliphatic rings. The highest BCUT2D eigenvalue weighted by Gasteiger charge is 2.42. The number of benzene rings is 1. The molecule has 1 spiro atoms. The number of carbonyl (C=O) groups excluding carboxylic acids is 1. The third-order valence-corrected chi connectivity index (χ3v) is 4.80. The molecule has 1 fully saturated rings. The zero-order chi connectivity index (χ0) is 16.4. The van der Waals surface area contributed by atoms with Crippen LogP contribution in [0.2, 0.25) is 0 Å². The number of carbonyl (C=O) groups is 1. The summed E-state index contributed by atoms with van der Waals surface area (Å²) in [5.41, 5.74) is 1.20. The van der Waals surface area contributed by atoms with Crippen molar-refractivity contribution in [1.29, 1.82) is 0 Å². The van der Waals surface area contributed by atoms with Gasteiger partial charge in [-0.25, -0.2) is 0 Å². The highest BCUT2D eigenvalue weighted by atomic mass is 16.5. The lowest BCUT2D eigenvalue weighted by atomic mass is 9.82. The second-order valence-corrected chi connectivity index (χ2v) is 6.38. The Morgan fingerprint density at radius 2 is 1.92 bits per heavy atom. The van der Waals surface area contributed by atoms with Crippen LogP contribution in [0.5, 0.6) is 5.75 Å². The summed E-state index contributed by atoms with van der Waals surface area (Å²) in [7, 11) is 0. The summed E-state index contributed by atoms with van der Waals surface area (Å²) in [6.07, 6.45) is 4.08. The van der Waals surface area contributed by atoms with Crippen molar-refractivity contribution in [2.45, 2.75) is 30.9 Å². The second-order valence-electron chi connectivity index (χ2n) is 6.38. The minimum Gasteiger partial charge on any atom is -0.487 e. The van der Waals surface area contributed by atoms with E-state index in [1.807, 2.05) is 30.3 Å². The van der Waals surface area contributed by atoms with Gasteiger partial charge in [-0.3, -0.25) is 9.78 Å². The lowest BCUT2D eigenvalue weighted by molar-refractivity contribution is -0.0639. The first kappa shape index (κ1) is 15.1. The number of pyridine rings is 1. The molecule has 1 aromatic heterocycles. The number of rotatable bonds is 2. The van der Waals surface area contributed by atoms with E-state index in [0.29, 0.717) is 18.9 Å². The SMILES string of the molecule is O=C(N[C@H]1CC2(CCOCC2)Oc2ccccc21)c1ccccn1. The third-order valence-electron chi connectivity index (χ3n) is 4.80. The molecule has 1 saturated heterocycles. The lowest BCUT2D eigenvalue weighted by Gasteiger charge is -2.44. The minimum atomic E-state index is -0.255. The Kier molecular flexibility index (Phi) is 3.94. The van der Waals surface area contributed by atoms with Gasteiger partial charge in [0.2, 0.25) is 0 Å². The summed E-state index contributed by atoms with van der Waals surface area (Å²) >= 11 is 0. The fourth-order valence-electron chi connectivity index (χ4n) is 3.53. The van der Waals surface area contributed by atoms with Crippen LogP contribution in [0.15, 0.2) is 48.7 Å². The van der Waals surface area contributed by atoms with E-state index in [1.54, 1.807) is 18.3 Å². The minimum absolute atomic E-state index is 0.0810. The number of nitrogens with one attached hydrogen (secondary N) is 1. The molecule has 1 amide bonds. The van der Waals surface area contributed by atoms with Crippen LogP contribution in [-0.4, -0.2) is 29.7 Å². The van der Waals surface area contributed by atoms with E-state index >= 15 is 0 Å². The monoisotopic (exact) mass is 324 g/mol. The fourth-order valence-corrected chi connectivity index (χ4v) is 3.53. The molecule has 3 heterocycles. The molecule has 24 heavy (non-hydrogen) atoms. The molecule has 0 aliphatic carbocycles. The van der Waals surface area contributed by atoms with Crippen LogP contribution in [0.3, 0.4) is 0 Å². The van der Waals surface area contributed by atoms with Crippen LogP contribution >= 0.6 is 0 Å². The number of amides is 1. The Bertz CT molecular complexity index is 726. The molecule has 5 heteroatoms. The molecule has 1 aromatic carbocycles. The second kappa shape index (κ2) is 6.24. The number of hydrogen-bond donors (Lipinski definition) is 1. The molecular weight excluding hydrogens is 304 g/mol. The molecule has 4 rings (SSSR count). The van der Waals surface area contributed by atoms with E-state index in [-0.39, 0.29) is 17.6 Å². The van der Waals surface area contributed by atoms with Crippen molar-refractivity contribution < 1.29 is 14.3 Å². The van der Waals surface area contributed by atoms with Crippen molar-refractivity contribution in [1.82, 2.24) is 10.3 Å². The van der Waals surface area contributed by atoms with E-state index in [0.717, 1.165) is 30.6 Å². The van der Waals surface area contributed by atoms with E-state index in [1.165, 1.54) is 0 Å². The van der Waals surface area contributed by atoms with Gasteiger partial charge in [-0.15, -0.1) is 0 Å². The number of aromatic nitrogens is 1. The first-order chi connectivity index (χ1) is 11.8. The zero-order valence-electron chi connectivity index (χ0n) is 13.4. The van der Waals surface area contributed by atoms with Gasteiger partial charge in [-0.1, -0.05) is 24.3 Å². The molecule has 5 nitrogen and oxygen atoms in total. The Hall–Kier alpha value is -2.40. The van der Waals surface area contributed by atoms with E-state index in [4.69, 9.17) is 9.47 Å². The summed E-state index contributed by atoms with van der Waals surface area (Å²) in [4.78, 5) is 16.7. The summed E-state index contributed by atoms with van der Waals surface area (Å²) < 4.78 is 11.8. The summed E-state index contributed by atoms with van der Waals surface area (Å²) in [6, 6.07) is 13.2. The normalized spacial score (nSPS) is 21.6. The Morgan fingerprint density at radius 1 is 1.12 bits per heavy atom. The van der Waals surface area contributed by atoms with Gasteiger partial charge in [0.05, 0.1) is 19.3 Å². The molecule has 124 valence electrons. The smallest absolute Gasteiger partial charge is 0.270 e. The van der Waals surface area contributed by atoms with Gasteiger partial charge in [-0.2, -0.15) is 0 Å². The number of nitrogens with zero attached hydrogens (tertiary/aromatic N) is 1. The first-order valence-electron chi connectivity index (χ1n) is 8.33. The maximum atomic E-state index is 12.6. The summed E-state index contributed by atoms with van der Waals surface area (Å²) in [5, 5.41) is 3.14. The number of fused-ring (bicyclic) bond motifs is 1. The molecule has 0 bridgehead atoms. The largest absolute Gasteiger partial charge is 0.487 e. The average Bonchev–Trinajstić information content (AvgIpc) is 2.63. The van der Waals surface area contributed by atoms with Gasteiger partial charge >= 0.3 is 0 Å². The third kappa shape index (κ3) is 2.87. The molecule has 2 aliphatic heterocycles. The number of hydrogen-bond acceptors (Lipinski definition) is 4. The maximum absolute atomic E-state index is 12.6. The molecular formula is C19H20N2O3. The van der Waals surface area contributed by atoms with E-state index < -0.39 is 0 Å². The standard InChI is InChI=1S/C19H20N2O3/c22-18(15-6-3-4-10-20-15)21-16-13-19(8-11-23-12-9-19)24-17-7-2-1-5-14(16)17/h1-7,10,16H,8-9,11-13H2,(H,21,22)/t16-/m0/s1. The van der Waals surface area contributed by atoms with Crippen LogP contribution in [0, 0.1) is 0 Å². The van der Waals surface area contributed by atoms with Gasteiger partial charge in [0, 0.05) is 31.0 Å². The van der Waals surface area contributed by atoms with Gasteiger partial charge in [0.15, 0.2) is 0 Å². The van der Waals surface area contributed by atoms with Crippen LogP contribution < -0.4 is 10.1 Å². The Labute approximate surface area is 141 Å². The molecule has 1 atom stereocenters. The molecule has 1 N–H and O–H groups in total. The predicted octanol–water partition coefficient (Wildman–Crippen LogP) is 2.88. The topological polar surface area (TPSA) is 60.5 Å². The average molecular weight is 324 g/mol. The molecule has 2 aromatic rings. The van der Waals surface area contributed by atoms with E-state index in [2.05, 4.69) is 10.3 Å². The van der Waals surface area contributed by atoms with E-state index in [9.17, 15) is 4.79 Å². The Morgan fingerprint density at radius 3 is 2.71 bits per heavy atom. The lowest BCUT2D eigenvalue weighted by Crippen LogP contribution is -2.48. The molecule has 0 unspecified atom stereocenters. The van der Waals surface area contributed by atoms with Crippen molar-refractivity contribution in [3.05, 3.63) is 59.9 Å². The van der Waals surface area contributed by atoms with Crippen LogP contribution in [0.1, 0.15) is 41.4 Å². The van der Waals surface area contributed by atoms with Crippen molar-refractivity contribution >= 4 is 5.91 Å². The highest BCUT2D eigenvalue weighted by Crippen LogP contribution is 2.43. The van der Waals surface area contributed by atoms with Crippen molar-refractivity contribution in [3.63, 3.8) is 0 Å². The summed E-state index contributed by atoms with van der Waals surface area (Å²) in [6.45, 7) is 1.39. The van der Waals surface area contributed by atoms with Gasteiger partial charge in [-0.05, 0) is 18.2 Å². The highest BCUT2D eigenvalue weighted by molar-refractivity contribution is 5.92. The molecule has 0 saturated carbocycles. The maximum Gasteiger partial charge on any atom is 0.270 e. The quantitative estimate of drug-likeness (QED) is 0.923. The number of ether oxygens (including phenoxy) is 2. The van der Waals surface area contributed by atoms with Gasteiger partial charge in [0.25, 0.3) is 5.91 Å². The Balaban J connectivity index is 1.62. The zero-order valence-corrected chi connectivity index (χ0v) is 13.4.